The molecule has 4 nitrogen and oxygen atoms in total. The number of aromatic nitrogens is 2. The Balaban J connectivity index is 1.79. The number of rotatable bonds is 3. The number of nitrogens with zero attached hydrogens (tertiary/aromatic N) is 3. The van der Waals surface area contributed by atoms with E-state index in [-0.39, 0.29) is 0 Å². The first kappa shape index (κ1) is 10.5. The van der Waals surface area contributed by atoms with Gasteiger partial charge in [-0.25, -0.2) is 0 Å². The molecule has 1 atom stereocenters. The standard InChI is InChI=1S/C10H16N4S/c1-8-7-15-10(13-8)11-4-3-9-5-12-14(2)6-9/h5-6,8H,3-4,7H2,1-2H3,(H,11,13). The maximum Gasteiger partial charge on any atom is 0.156 e. The van der Waals surface area contributed by atoms with Gasteiger partial charge in [-0.3, -0.25) is 9.67 Å². The minimum Gasteiger partial charge on any atom is -0.362 e. The molecule has 0 bridgehead atoms. The molecule has 1 fully saturated rings. The second kappa shape index (κ2) is 4.70. The van der Waals surface area contributed by atoms with Crippen molar-refractivity contribution in [1.29, 1.82) is 0 Å². The second-order valence-corrected chi connectivity index (χ2v) is 4.82. The van der Waals surface area contributed by atoms with E-state index in [1.165, 1.54) is 5.56 Å². The summed E-state index contributed by atoms with van der Waals surface area (Å²) in [7, 11) is 1.94. The van der Waals surface area contributed by atoms with Crippen LogP contribution in [-0.2, 0) is 13.5 Å². The molecule has 0 amide bonds. The molecule has 1 aliphatic heterocycles. The Hall–Kier alpha value is -0.970. The highest BCUT2D eigenvalue weighted by molar-refractivity contribution is 8.14. The van der Waals surface area contributed by atoms with E-state index in [1.807, 2.05) is 35.9 Å². The lowest BCUT2D eigenvalue weighted by atomic mass is 10.3. The zero-order chi connectivity index (χ0) is 10.7. The molecule has 2 rings (SSSR count). The Bertz CT molecular complexity index is 358. The van der Waals surface area contributed by atoms with Crippen molar-refractivity contribution in [2.45, 2.75) is 19.4 Å². The number of aliphatic imine (C=N–C) groups is 1. The third-order valence-electron chi connectivity index (χ3n) is 2.25. The Kier molecular flexibility index (Phi) is 3.30. The largest absolute Gasteiger partial charge is 0.362 e. The maximum atomic E-state index is 4.51. The topological polar surface area (TPSA) is 42.2 Å². The van der Waals surface area contributed by atoms with Crippen LogP contribution in [0.1, 0.15) is 12.5 Å². The lowest BCUT2D eigenvalue weighted by molar-refractivity contribution is 0.763. The fourth-order valence-corrected chi connectivity index (χ4v) is 2.44. The number of hydrogen-bond acceptors (Lipinski definition) is 3. The summed E-state index contributed by atoms with van der Waals surface area (Å²) in [5, 5.41) is 8.55. The highest BCUT2D eigenvalue weighted by atomic mass is 32.2. The quantitative estimate of drug-likeness (QED) is 0.834. The summed E-state index contributed by atoms with van der Waals surface area (Å²) in [5.74, 6) is 1.13. The molecular formula is C10H16N4S. The molecule has 0 saturated carbocycles. The molecule has 5 heteroatoms. The summed E-state index contributed by atoms with van der Waals surface area (Å²) >= 11 is 1.81. The summed E-state index contributed by atoms with van der Waals surface area (Å²) in [6.45, 7) is 3.02. The van der Waals surface area contributed by atoms with Crippen LogP contribution in [0.5, 0.6) is 0 Å². The summed E-state index contributed by atoms with van der Waals surface area (Å²) in [6.07, 6.45) is 4.91. The van der Waals surface area contributed by atoms with Crippen LogP contribution in [0.25, 0.3) is 0 Å². The molecule has 0 radical (unpaired) electrons. The Morgan fingerprint density at radius 2 is 2.60 bits per heavy atom. The predicted molar refractivity (Wildman–Crippen MR) is 64.3 cm³/mol. The van der Waals surface area contributed by atoms with Crippen LogP contribution < -0.4 is 5.32 Å². The molecule has 1 N–H and O–H groups in total. The van der Waals surface area contributed by atoms with Gasteiger partial charge in [-0.15, -0.1) is 0 Å². The van der Waals surface area contributed by atoms with Gasteiger partial charge in [0.2, 0.25) is 0 Å². The fourth-order valence-electron chi connectivity index (χ4n) is 1.48. The number of aryl methyl sites for hydroxylation is 1. The highest BCUT2D eigenvalue weighted by Gasteiger charge is 2.14. The van der Waals surface area contributed by atoms with Crippen LogP contribution in [-0.4, -0.2) is 33.3 Å². The number of amidine groups is 1. The molecule has 1 saturated heterocycles. The minimum atomic E-state index is 0.562. The first-order chi connectivity index (χ1) is 7.24. The van der Waals surface area contributed by atoms with E-state index in [0.29, 0.717) is 6.04 Å². The summed E-state index contributed by atoms with van der Waals surface area (Å²) in [6, 6.07) is 0.562. The zero-order valence-corrected chi connectivity index (χ0v) is 9.92. The smallest absolute Gasteiger partial charge is 0.156 e. The average Bonchev–Trinajstić information content (AvgIpc) is 2.76. The Morgan fingerprint density at radius 3 is 3.20 bits per heavy atom. The summed E-state index contributed by atoms with van der Waals surface area (Å²) in [4.78, 5) is 4.51. The number of thioether (sulfide) groups is 1. The van der Waals surface area contributed by atoms with Crippen LogP contribution in [0.15, 0.2) is 17.4 Å². The molecule has 15 heavy (non-hydrogen) atoms. The van der Waals surface area contributed by atoms with Crippen molar-refractivity contribution in [2.75, 3.05) is 12.3 Å². The van der Waals surface area contributed by atoms with Gasteiger partial charge in [0.15, 0.2) is 5.17 Å². The second-order valence-electron chi connectivity index (χ2n) is 3.82. The molecule has 1 aromatic rings. The first-order valence-electron chi connectivity index (χ1n) is 5.15. The van der Waals surface area contributed by atoms with Crippen molar-refractivity contribution in [3.8, 4) is 0 Å². The minimum absolute atomic E-state index is 0.562. The van der Waals surface area contributed by atoms with Gasteiger partial charge >= 0.3 is 0 Å². The van der Waals surface area contributed by atoms with Crippen molar-refractivity contribution in [3.05, 3.63) is 18.0 Å². The molecular weight excluding hydrogens is 208 g/mol. The molecule has 1 aromatic heterocycles. The van der Waals surface area contributed by atoms with Crippen molar-refractivity contribution >= 4 is 16.9 Å². The molecule has 2 heterocycles. The van der Waals surface area contributed by atoms with Crippen molar-refractivity contribution in [1.82, 2.24) is 15.1 Å². The van der Waals surface area contributed by atoms with Crippen LogP contribution in [0, 0.1) is 0 Å². The Morgan fingerprint density at radius 1 is 1.73 bits per heavy atom. The zero-order valence-electron chi connectivity index (χ0n) is 9.10. The highest BCUT2D eigenvalue weighted by Crippen LogP contribution is 2.12. The number of hydrogen-bond donors (Lipinski definition) is 1. The molecule has 0 spiro atoms. The van der Waals surface area contributed by atoms with E-state index < -0.39 is 0 Å². The van der Waals surface area contributed by atoms with Gasteiger partial charge in [0, 0.05) is 31.6 Å². The third-order valence-corrected chi connectivity index (χ3v) is 3.44. The van der Waals surface area contributed by atoms with Gasteiger partial charge < -0.3 is 5.32 Å². The molecule has 0 aromatic carbocycles. The van der Waals surface area contributed by atoms with Crippen LogP contribution >= 0.6 is 11.8 Å². The maximum absolute atomic E-state index is 4.51. The van der Waals surface area contributed by atoms with Gasteiger partial charge in [-0.05, 0) is 18.9 Å². The Labute approximate surface area is 94.2 Å². The molecule has 82 valence electrons. The van der Waals surface area contributed by atoms with Crippen molar-refractivity contribution in [2.24, 2.45) is 12.0 Å². The lowest BCUT2D eigenvalue weighted by Crippen LogP contribution is -2.23. The van der Waals surface area contributed by atoms with E-state index in [1.54, 1.807) is 0 Å². The normalized spacial score (nSPS) is 23.3. The monoisotopic (exact) mass is 224 g/mol. The van der Waals surface area contributed by atoms with Crippen LogP contribution in [0.3, 0.4) is 0 Å². The lowest BCUT2D eigenvalue weighted by Gasteiger charge is -2.00. The van der Waals surface area contributed by atoms with E-state index in [9.17, 15) is 0 Å². The number of nitrogens with one attached hydrogen (secondary N) is 1. The third kappa shape index (κ3) is 2.99. The van der Waals surface area contributed by atoms with Gasteiger partial charge in [0.25, 0.3) is 0 Å². The molecule has 1 unspecified atom stereocenters. The van der Waals surface area contributed by atoms with Crippen LogP contribution in [0.4, 0.5) is 0 Å². The molecule has 1 aliphatic rings. The first-order valence-corrected chi connectivity index (χ1v) is 6.14. The van der Waals surface area contributed by atoms with Gasteiger partial charge in [0.1, 0.15) is 0 Å². The van der Waals surface area contributed by atoms with E-state index in [0.717, 1.165) is 23.9 Å². The van der Waals surface area contributed by atoms with Crippen LogP contribution in [0.2, 0.25) is 0 Å². The van der Waals surface area contributed by atoms with Crippen molar-refractivity contribution < 1.29 is 0 Å². The predicted octanol–water partition coefficient (Wildman–Crippen LogP) is 1.04. The van der Waals surface area contributed by atoms with E-state index >= 15 is 0 Å². The van der Waals surface area contributed by atoms with Gasteiger partial charge in [0.05, 0.1) is 6.20 Å². The summed E-state index contributed by atoms with van der Waals surface area (Å²) < 4.78 is 1.83. The molecule has 0 aliphatic carbocycles. The van der Waals surface area contributed by atoms with E-state index in [2.05, 4.69) is 22.3 Å². The SMILES string of the molecule is CC1CSC(=NCCc2cnn(C)c2)N1. The van der Waals surface area contributed by atoms with Crippen molar-refractivity contribution in [3.63, 3.8) is 0 Å². The van der Waals surface area contributed by atoms with E-state index in [4.69, 9.17) is 0 Å². The van der Waals surface area contributed by atoms with Gasteiger partial charge in [-0.1, -0.05) is 11.8 Å². The summed E-state index contributed by atoms with van der Waals surface area (Å²) in [5.41, 5.74) is 1.25. The fraction of sp³-hybridized carbons (Fsp3) is 0.600. The van der Waals surface area contributed by atoms with Gasteiger partial charge in [-0.2, -0.15) is 5.10 Å². The average molecular weight is 224 g/mol.